The maximum atomic E-state index is 5.35. The van der Waals surface area contributed by atoms with Gasteiger partial charge in [0, 0.05) is 6.54 Å². The first-order valence-electron chi connectivity index (χ1n) is 5.58. The molecular formula is C10H20N2S4. The summed E-state index contributed by atoms with van der Waals surface area (Å²) in [6, 6.07) is 0. The molecule has 3 N–H and O–H groups in total. The van der Waals surface area contributed by atoms with Crippen LogP contribution in [0.4, 0.5) is 0 Å². The smallest absolute Gasteiger partial charge is 0.144 e. The van der Waals surface area contributed by atoms with E-state index in [1.54, 1.807) is 0 Å². The molecular weight excluding hydrogens is 276 g/mol. The molecule has 0 aliphatic carbocycles. The van der Waals surface area contributed by atoms with E-state index in [4.69, 9.17) is 30.2 Å². The van der Waals surface area contributed by atoms with Crippen LogP contribution in [0.5, 0.6) is 0 Å². The maximum absolute atomic E-state index is 5.35. The fourth-order valence-electron chi connectivity index (χ4n) is 1.20. The first-order valence-corrected chi connectivity index (χ1v) is 8.55. The summed E-state index contributed by atoms with van der Waals surface area (Å²) in [4.78, 5) is 0. The van der Waals surface area contributed by atoms with Crippen molar-refractivity contribution in [1.29, 1.82) is 0 Å². The van der Waals surface area contributed by atoms with Gasteiger partial charge in [0.15, 0.2) is 0 Å². The van der Waals surface area contributed by atoms with Crippen molar-refractivity contribution in [2.75, 3.05) is 6.54 Å². The molecule has 6 heteroatoms. The zero-order chi connectivity index (χ0) is 12.2. The van der Waals surface area contributed by atoms with Gasteiger partial charge in [0.2, 0.25) is 0 Å². The standard InChI is InChI=1S/C10H20N2S4/c1-2-3-4-5-6-7-8-12-10(14)16-15-9(11)13/h2-8H2,1H3,(H2,11,13)(H,12,14). The Morgan fingerprint density at radius 2 is 1.69 bits per heavy atom. The molecule has 0 bridgehead atoms. The first kappa shape index (κ1) is 16.5. The summed E-state index contributed by atoms with van der Waals surface area (Å²) in [5, 5.41) is 3.19. The van der Waals surface area contributed by atoms with Gasteiger partial charge in [0.05, 0.1) is 0 Å². The Balaban J connectivity index is 3.18. The zero-order valence-corrected chi connectivity index (χ0v) is 12.9. The van der Waals surface area contributed by atoms with Crippen molar-refractivity contribution in [3.63, 3.8) is 0 Å². The maximum Gasteiger partial charge on any atom is 0.144 e. The third-order valence-corrected chi connectivity index (χ3v) is 5.11. The normalized spacial score (nSPS) is 10.1. The SMILES string of the molecule is CCCCCCCCNC(=S)SSC(N)=S. The second kappa shape index (κ2) is 12.0. The van der Waals surface area contributed by atoms with Crippen LogP contribution in [0.1, 0.15) is 45.4 Å². The van der Waals surface area contributed by atoms with Crippen molar-refractivity contribution in [2.45, 2.75) is 45.4 Å². The molecule has 0 aromatic carbocycles. The number of nitrogens with one attached hydrogen (secondary N) is 1. The van der Waals surface area contributed by atoms with Gasteiger partial charge in [-0.1, -0.05) is 63.5 Å². The largest absolute Gasteiger partial charge is 0.384 e. The first-order chi connectivity index (χ1) is 7.66. The predicted molar refractivity (Wildman–Crippen MR) is 85.9 cm³/mol. The summed E-state index contributed by atoms with van der Waals surface area (Å²) in [7, 11) is 2.76. The summed E-state index contributed by atoms with van der Waals surface area (Å²) < 4.78 is 1.19. The molecule has 0 radical (unpaired) electrons. The fourth-order valence-corrected chi connectivity index (χ4v) is 2.89. The van der Waals surface area contributed by atoms with Crippen molar-refractivity contribution in [3.05, 3.63) is 0 Å². The lowest BCUT2D eigenvalue weighted by molar-refractivity contribution is 0.604. The topological polar surface area (TPSA) is 38.0 Å². The molecule has 0 aromatic heterocycles. The molecule has 94 valence electrons. The van der Waals surface area contributed by atoms with E-state index >= 15 is 0 Å². The highest BCUT2D eigenvalue weighted by molar-refractivity contribution is 8.89. The van der Waals surface area contributed by atoms with E-state index < -0.39 is 0 Å². The Kier molecular flexibility index (Phi) is 12.3. The Morgan fingerprint density at radius 3 is 2.31 bits per heavy atom. The van der Waals surface area contributed by atoms with Crippen LogP contribution in [0, 0.1) is 0 Å². The Hall–Kier alpha value is 0.480. The minimum absolute atomic E-state index is 0.425. The lowest BCUT2D eigenvalue weighted by Gasteiger charge is -2.05. The third kappa shape index (κ3) is 12.5. The molecule has 0 aliphatic rings. The summed E-state index contributed by atoms with van der Waals surface area (Å²) in [5.41, 5.74) is 5.35. The highest BCUT2D eigenvalue weighted by Crippen LogP contribution is 2.21. The Labute approximate surface area is 117 Å². The van der Waals surface area contributed by atoms with Gasteiger partial charge in [-0.05, 0) is 28.0 Å². The number of hydrogen-bond acceptors (Lipinski definition) is 4. The summed E-state index contributed by atoms with van der Waals surface area (Å²) >= 11 is 9.85. The van der Waals surface area contributed by atoms with Crippen LogP contribution in [-0.4, -0.2) is 15.2 Å². The molecule has 0 spiro atoms. The zero-order valence-electron chi connectivity index (χ0n) is 9.66. The number of hydrogen-bond donors (Lipinski definition) is 2. The third-order valence-electron chi connectivity index (χ3n) is 2.00. The highest BCUT2D eigenvalue weighted by atomic mass is 33.1. The molecule has 0 atom stereocenters. The van der Waals surface area contributed by atoms with Crippen molar-refractivity contribution >= 4 is 54.7 Å². The number of thiocarbonyl (C=S) groups is 2. The quantitative estimate of drug-likeness (QED) is 0.422. The van der Waals surface area contributed by atoms with Crippen LogP contribution in [-0.2, 0) is 0 Å². The van der Waals surface area contributed by atoms with Gasteiger partial charge in [0.25, 0.3) is 0 Å². The van der Waals surface area contributed by atoms with Gasteiger partial charge >= 0.3 is 0 Å². The van der Waals surface area contributed by atoms with E-state index in [9.17, 15) is 0 Å². The lowest BCUT2D eigenvalue weighted by atomic mass is 10.1. The minimum Gasteiger partial charge on any atom is -0.384 e. The summed E-state index contributed by atoms with van der Waals surface area (Å²) in [6.45, 7) is 3.19. The van der Waals surface area contributed by atoms with E-state index in [-0.39, 0.29) is 0 Å². The van der Waals surface area contributed by atoms with E-state index in [1.165, 1.54) is 60.1 Å². The van der Waals surface area contributed by atoms with Crippen LogP contribution in [0.15, 0.2) is 0 Å². The van der Waals surface area contributed by atoms with Gasteiger partial charge in [0.1, 0.15) is 8.64 Å². The molecule has 0 unspecified atom stereocenters. The number of rotatable bonds is 7. The average molecular weight is 297 g/mol. The van der Waals surface area contributed by atoms with Gasteiger partial charge in [-0.15, -0.1) is 0 Å². The minimum atomic E-state index is 0.425. The molecule has 0 amide bonds. The van der Waals surface area contributed by atoms with Crippen molar-refractivity contribution in [2.24, 2.45) is 5.73 Å². The molecule has 0 rings (SSSR count). The van der Waals surface area contributed by atoms with E-state index in [0.29, 0.717) is 4.32 Å². The predicted octanol–water partition coefficient (Wildman–Crippen LogP) is 3.85. The van der Waals surface area contributed by atoms with Crippen LogP contribution in [0.2, 0.25) is 0 Å². The second-order valence-electron chi connectivity index (χ2n) is 3.47. The Morgan fingerprint density at radius 1 is 1.06 bits per heavy atom. The number of nitrogens with two attached hydrogens (primary N) is 1. The van der Waals surface area contributed by atoms with Gasteiger partial charge in [-0.2, -0.15) is 0 Å². The second-order valence-corrected chi connectivity index (χ2v) is 7.01. The van der Waals surface area contributed by atoms with E-state index in [0.717, 1.165) is 10.9 Å². The lowest BCUT2D eigenvalue weighted by Crippen LogP contribution is -2.19. The van der Waals surface area contributed by atoms with Gasteiger partial charge in [-0.3, -0.25) is 0 Å². The molecule has 0 heterocycles. The van der Waals surface area contributed by atoms with Crippen molar-refractivity contribution < 1.29 is 0 Å². The van der Waals surface area contributed by atoms with E-state index in [2.05, 4.69) is 12.2 Å². The van der Waals surface area contributed by atoms with Crippen molar-refractivity contribution in [3.8, 4) is 0 Å². The molecule has 2 nitrogen and oxygen atoms in total. The van der Waals surface area contributed by atoms with E-state index in [1.807, 2.05) is 0 Å². The van der Waals surface area contributed by atoms with Crippen molar-refractivity contribution in [1.82, 2.24) is 5.32 Å². The molecule has 16 heavy (non-hydrogen) atoms. The fraction of sp³-hybridized carbons (Fsp3) is 0.800. The number of unbranched alkanes of at least 4 members (excludes halogenated alkanes) is 5. The molecule has 0 saturated carbocycles. The molecule has 0 aromatic rings. The van der Waals surface area contributed by atoms with Crippen LogP contribution in [0.25, 0.3) is 0 Å². The summed E-state index contributed by atoms with van der Waals surface area (Å²) in [5.74, 6) is 0. The van der Waals surface area contributed by atoms with Gasteiger partial charge in [-0.25, -0.2) is 0 Å². The van der Waals surface area contributed by atoms with Crippen LogP contribution in [0.3, 0.4) is 0 Å². The molecule has 0 fully saturated rings. The Bertz CT molecular complexity index is 209. The highest BCUT2D eigenvalue weighted by Gasteiger charge is 1.98. The van der Waals surface area contributed by atoms with Gasteiger partial charge < -0.3 is 11.1 Å². The monoisotopic (exact) mass is 296 g/mol. The van der Waals surface area contributed by atoms with Crippen LogP contribution < -0.4 is 11.1 Å². The molecule has 0 aliphatic heterocycles. The molecule has 0 saturated heterocycles. The van der Waals surface area contributed by atoms with Crippen LogP contribution >= 0.6 is 46.0 Å². The average Bonchev–Trinajstić information content (AvgIpc) is 2.25. The summed E-state index contributed by atoms with van der Waals surface area (Å²) in [6.07, 6.45) is 7.80.